The number of aromatic nitrogens is 3. The van der Waals surface area contributed by atoms with E-state index in [0.717, 1.165) is 23.9 Å². The highest BCUT2D eigenvalue weighted by Gasteiger charge is 2.31. The van der Waals surface area contributed by atoms with E-state index < -0.39 is 17.6 Å². The van der Waals surface area contributed by atoms with Gasteiger partial charge in [-0.3, -0.25) is 14.2 Å². The smallest absolute Gasteiger partial charge is 0.416 e. The zero-order valence-electron chi connectivity index (χ0n) is 26.8. The van der Waals surface area contributed by atoms with Crippen molar-refractivity contribution in [1.29, 1.82) is 0 Å². The summed E-state index contributed by atoms with van der Waals surface area (Å²) in [6, 6.07) is 14.5. The lowest BCUT2D eigenvalue weighted by atomic mass is 10.1. The average molecular weight is 688 g/mol. The van der Waals surface area contributed by atoms with Crippen LogP contribution in [0.15, 0.2) is 65.8 Å². The molecule has 0 aliphatic carbocycles. The van der Waals surface area contributed by atoms with Gasteiger partial charge >= 0.3 is 6.18 Å². The van der Waals surface area contributed by atoms with Gasteiger partial charge in [0.2, 0.25) is 11.7 Å². The fraction of sp³-hybridized carbons (Fsp3) is 0.333. The first kappa shape index (κ1) is 35.9. The van der Waals surface area contributed by atoms with Crippen molar-refractivity contribution in [1.82, 2.24) is 20.1 Å². The second-order valence-electron chi connectivity index (χ2n) is 9.86. The lowest BCUT2D eigenvalue weighted by molar-refractivity contribution is -0.137. The lowest BCUT2D eigenvalue weighted by Gasteiger charge is -2.17. The third-order valence-electron chi connectivity index (χ3n) is 6.49. The van der Waals surface area contributed by atoms with Crippen molar-refractivity contribution >= 4 is 29.3 Å². The molecule has 48 heavy (non-hydrogen) atoms. The highest BCUT2D eigenvalue weighted by molar-refractivity contribution is 7.99. The maximum Gasteiger partial charge on any atom is 0.416 e. The van der Waals surface area contributed by atoms with Crippen LogP contribution in [0, 0.1) is 0 Å². The summed E-state index contributed by atoms with van der Waals surface area (Å²) in [5, 5.41) is 14.0. The second-order valence-corrected chi connectivity index (χ2v) is 10.8. The molecule has 0 saturated carbocycles. The van der Waals surface area contributed by atoms with Crippen molar-refractivity contribution < 1.29 is 41.7 Å². The van der Waals surface area contributed by atoms with E-state index in [-0.39, 0.29) is 40.4 Å². The zero-order valence-corrected chi connectivity index (χ0v) is 27.7. The molecule has 0 aliphatic heterocycles. The molecule has 0 aliphatic rings. The topological polar surface area (TPSA) is 126 Å². The van der Waals surface area contributed by atoms with E-state index in [1.807, 2.05) is 13.8 Å². The van der Waals surface area contributed by atoms with Crippen molar-refractivity contribution in [3.8, 4) is 28.7 Å². The van der Waals surface area contributed by atoms with Crippen LogP contribution in [-0.4, -0.2) is 58.8 Å². The van der Waals surface area contributed by atoms with E-state index in [2.05, 4.69) is 20.8 Å². The maximum atomic E-state index is 13.6. The second kappa shape index (κ2) is 16.8. The van der Waals surface area contributed by atoms with Crippen LogP contribution in [0.25, 0.3) is 5.69 Å². The quantitative estimate of drug-likeness (QED) is 0.126. The molecule has 0 saturated heterocycles. The van der Waals surface area contributed by atoms with E-state index in [4.69, 9.17) is 18.9 Å². The largest absolute Gasteiger partial charge is 0.494 e. The van der Waals surface area contributed by atoms with Crippen molar-refractivity contribution in [3.63, 3.8) is 0 Å². The highest BCUT2D eigenvalue weighted by Crippen LogP contribution is 2.39. The number of halogens is 3. The number of benzene rings is 3. The maximum absolute atomic E-state index is 13.6. The molecule has 0 atom stereocenters. The summed E-state index contributed by atoms with van der Waals surface area (Å²) in [5.41, 5.74) is -0.0295. The first-order valence-electron chi connectivity index (χ1n) is 15.2. The van der Waals surface area contributed by atoms with Crippen LogP contribution >= 0.6 is 11.8 Å². The van der Waals surface area contributed by atoms with Gasteiger partial charge in [-0.1, -0.05) is 17.8 Å². The van der Waals surface area contributed by atoms with Crippen molar-refractivity contribution in [3.05, 3.63) is 77.6 Å². The van der Waals surface area contributed by atoms with E-state index in [9.17, 15) is 22.8 Å². The summed E-state index contributed by atoms with van der Waals surface area (Å²) in [6.45, 7) is 8.54. The Hall–Kier alpha value is -4.92. The summed E-state index contributed by atoms with van der Waals surface area (Å²) in [5.74, 6) is 0.794. The van der Waals surface area contributed by atoms with E-state index in [1.165, 1.54) is 28.8 Å². The third-order valence-corrected chi connectivity index (χ3v) is 7.42. The Balaban J connectivity index is 1.58. The molecule has 3 aromatic carbocycles. The van der Waals surface area contributed by atoms with Crippen LogP contribution < -0.4 is 29.6 Å². The monoisotopic (exact) mass is 687 g/mol. The lowest BCUT2D eigenvalue weighted by Crippen LogP contribution is -2.25. The molecule has 11 nitrogen and oxygen atoms in total. The number of nitrogens with zero attached hydrogens (tertiary/aromatic N) is 3. The normalized spacial score (nSPS) is 11.1. The minimum atomic E-state index is -4.60. The molecular formula is C33H36F3N5O6S. The van der Waals surface area contributed by atoms with Crippen LogP contribution in [0.3, 0.4) is 0 Å². The molecular weight excluding hydrogens is 651 g/mol. The van der Waals surface area contributed by atoms with E-state index in [0.29, 0.717) is 55.1 Å². The predicted molar refractivity (Wildman–Crippen MR) is 174 cm³/mol. The fourth-order valence-electron chi connectivity index (χ4n) is 4.50. The number of alkyl halides is 3. The molecule has 4 rings (SSSR count). The number of carbonyl (C=O) groups excluding carboxylic acids is 2. The van der Waals surface area contributed by atoms with Gasteiger partial charge in [0.05, 0.1) is 50.0 Å². The molecule has 2 amide bonds. The first-order valence-corrected chi connectivity index (χ1v) is 16.2. The van der Waals surface area contributed by atoms with Gasteiger partial charge in [0.1, 0.15) is 5.75 Å². The third kappa shape index (κ3) is 9.33. The molecule has 15 heteroatoms. The van der Waals surface area contributed by atoms with Gasteiger partial charge in [0.15, 0.2) is 22.5 Å². The van der Waals surface area contributed by atoms with Crippen LogP contribution in [-0.2, 0) is 17.5 Å². The van der Waals surface area contributed by atoms with Crippen LogP contribution in [0.2, 0.25) is 0 Å². The molecule has 0 spiro atoms. The Kier molecular flexibility index (Phi) is 12.5. The zero-order chi connectivity index (χ0) is 34.7. The predicted octanol–water partition coefficient (Wildman–Crippen LogP) is 6.54. The Bertz CT molecular complexity index is 1670. The fourth-order valence-corrected chi connectivity index (χ4v) is 5.27. The van der Waals surface area contributed by atoms with Gasteiger partial charge in [-0.05, 0) is 82.3 Å². The molecule has 256 valence electrons. The van der Waals surface area contributed by atoms with Crippen LogP contribution in [0.5, 0.6) is 23.0 Å². The van der Waals surface area contributed by atoms with E-state index in [1.54, 1.807) is 38.1 Å². The van der Waals surface area contributed by atoms with Crippen molar-refractivity contribution in [2.45, 2.75) is 45.6 Å². The van der Waals surface area contributed by atoms with Crippen LogP contribution in [0.4, 0.5) is 18.9 Å². The molecule has 0 radical (unpaired) electrons. The molecule has 0 fully saturated rings. The summed E-state index contributed by atoms with van der Waals surface area (Å²) < 4.78 is 64.8. The van der Waals surface area contributed by atoms with Gasteiger partial charge in [-0.25, -0.2) is 0 Å². The van der Waals surface area contributed by atoms with Crippen molar-refractivity contribution in [2.75, 3.05) is 37.5 Å². The molecule has 1 aromatic heterocycles. The minimum absolute atomic E-state index is 0.104. The minimum Gasteiger partial charge on any atom is -0.494 e. The summed E-state index contributed by atoms with van der Waals surface area (Å²) >= 11 is 0.978. The number of hydrogen-bond acceptors (Lipinski definition) is 9. The number of carbonyl (C=O) groups is 2. The summed E-state index contributed by atoms with van der Waals surface area (Å²) in [6.07, 6.45) is -4.60. The van der Waals surface area contributed by atoms with Gasteiger partial charge in [-0.2, -0.15) is 13.2 Å². The molecule has 0 unspecified atom stereocenters. The number of thioether (sulfide) groups is 1. The Morgan fingerprint density at radius 1 is 0.833 bits per heavy atom. The van der Waals surface area contributed by atoms with E-state index >= 15 is 0 Å². The van der Waals surface area contributed by atoms with Gasteiger partial charge in [0.25, 0.3) is 5.91 Å². The van der Waals surface area contributed by atoms with Gasteiger partial charge in [0, 0.05) is 11.3 Å². The standard InChI is InChI=1S/C33H36F3N5O6S/c1-5-44-25-14-12-23(13-15-25)38-29(42)20-48-32-40-39-28(41(32)24-11-9-10-22(18-24)33(34,35)36)19-37-31(43)21-16-26(45-6-2)30(47-8-4)27(17-21)46-7-3/h9-18H,5-8,19-20H2,1-4H3,(H,37,43)(H,38,42). The average Bonchev–Trinajstić information content (AvgIpc) is 3.47. The molecule has 0 bridgehead atoms. The number of rotatable bonds is 16. The van der Waals surface area contributed by atoms with Gasteiger partial charge < -0.3 is 29.6 Å². The number of ether oxygens (including phenoxy) is 4. The summed E-state index contributed by atoms with van der Waals surface area (Å²) in [7, 11) is 0. The number of hydrogen-bond donors (Lipinski definition) is 2. The molecule has 2 N–H and O–H groups in total. The Labute approximate surface area is 280 Å². The SMILES string of the molecule is CCOc1ccc(NC(=O)CSc2nnc(CNC(=O)c3cc(OCC)c(OCC)c(OCC)c3)n2-c2cccc(C(F)(F)F)c2)cc1. The molecule has 1 heterocycles. The molecule has 4 aromatic rings. The number of nitrogens with one attached hydrogen (secondary N) is 2. The van der Waals surface area contributed by atoms with Crippen LogP contribution in [0.1, 0.15) is 49.4 Å². The van der Waals surface area contributed by atoms with Gasteiger partial charge in [-0.15, -0.1) is 10.2 Å². The first-order chi connectivity index (χ1) is 23.1. The van der Waals surface area contributed by atoms with Crippen molar-refractivity contribution in [2.24, 2.45) is 0 Å². The number of amides is 2. The number of anilines is 1. The Morgan fingerprint density at radius 3 is 2.08 bits per heavy atom. The Morgan fingerprint density at radius 2 is 1.48 bits per heavy atom. The highest BCUT2D eigenvalue weighted by atomic mass is 32.2. The summed E-state index contributed by atoms with van der Waals surface area (Å²) in [4.78, 5) is 26.1.